The van der Waals surface area contributed by atoms with E-state index in [0.29, 0.717) is 18.7 Å². The maximum Gasteiger partial charge on any atom is 0.255 e. The van der Waals surface area contributed by atoms with Gasteiger partial charge in [0.05, 0.1) is 18.2 Å². The minimum absolute atomic E-state index is 0.0199. The highest BCUT2D eigenvalue weighted by Crippen LogP contribution is 2.13. The third-order valence-electron chi connectivity index (χ3n) is 3.06. The Morgan fingerprint density at radius 2 is 2.05 bits per heavy atom. The predicted octanol–water partition coefficient (Wildman–Crippen LogP) is 1.89. The number of nitrogens with zero attached hydrogens (tertiary/aromatic N) is 1. The Hall–Kier alpha value is -1.65. The monoisotopic (exact) mass is 260 g/mol. The molecular formula is C15H20N2O2. The Kier molecular flexibility index (Phi) is 4.35. The molecule has 1 aromatic carbocycles. The first-order chi connectivity index (χ1) is 9.13. The van der Waals surface area contributed by atoms with Gasteiger partial charge >= 0.3 is 0 Å². The van der Waals surface area contributed by atoms with Crippen molar-refractivity contribution >= 4 is 10.9 Å². The smallest absolute Gasteiger partial charge is 0.255 e. The van der Waals surface area contributed by atoms with E-state index in [1.807, 2.05) is 44.2 Å². The summed E-state index contributed by atoms with van der Waals surface area (Å²) in [7, 11) is 0. The number of hydrogen-bond acceptors (Lipinski definition) is 3. The summed E-state index contributed by atoms with van der Waals surface area (Å²) in [5.41, 5.74) is 7.19. The highest BCUT2D eigenvalue weighted by atomic mass is 16.5. The molecule has 0 bridgehead atoms. The highest BCUT2D eigenvalue weighted by molar-refractivity contribution is 5.79. The molecule has 102 valence electrons. The Bertz CT molecular complexity index is 617. The topological polar surface area (TPSA) is 57.2 Å². The van der Waals surface area contributed by atoms with Crippen molar-refractivity contribution in [1.29, 1.82) is 0 Å². The normalized spacial score (nSPS) is 11.4. The van der Waals surface area contributed by atoms with Gasteiger partial charge in [0.1, 0.15) is 0 Å². The van der Waals surface area contributed by atoms with Crippen LogP contribution in [-0.2, 0) is 17.8 Å². The lowest BCUT2D eigenvalue weighted by Gasteiger charge is -2.13. The van der Waals surface area contributed by atoms with Crippen LogP contribution in [0.2, 0.25) is 0 Å². The number of ether oxygens (including phenoxy) is 1. The van der Waals surface area contributed by atoms with Crippen LogP contribution >= 0.6 is 0 Å². The summed E-state index contributed by atoms with van der Waals surface area (Å²) < 4.78 is 7.28. The van der Waals surface area contributed by atoms with Crippen molar-refractivity contribution in [2.75, 3.05) is 6.61 Å². The molecule has 0 aliphatic rings. The third kappa shape index (κ3) is 3.03. The lowest BCUT2D eigenvalue weighted by atomic mass is 10.1. The minimum Gasteiger partial charge on any atom is -0.377 e. The average Bonchev–Trinajstić information content (AvgIpc) is 2.40. The molecule has 19 heavy (non-hydrogen) atoms. The van der Waals surface area contributed by atoms with E-state index in [1.165, 1.54) is 0 Å². The molecule has 0 unspecified atom stereocenters. The van der Waals surface area contributed by atoms with E-state index in [0.717, 1.165) is 10.9 Å². The molecule has 4 nitrogen and oxygen atoms in total. The number of rotatable bonds is 5. The molecule has 2 aromatic rings. The van der Waals surface area contributed by atoms with Crippen molar-refractivity contribution in [2.45, 2.75) is 33.0 Å². The van der Waals surface area contributed by atoms with Crippen LogP contribution in [0.4, 0.5) is 0 Å². The van der Waals surface area contributed by atoms with Gasteiger partial charge in [0.25, 0.3) is 5.56 Å². The maximum atomic E-state index is 12.3. The molecule has 0 fully saturated rings. The standard InChI is InChI=1S/C15H20N2O2/c1-11(2)19-8-7-17-14-6-4-3-5-12(14)9-13(10-16)15(17)18/h3-6,9,11H,7-8,10,16H2,1-2H3. The van der Waals surface area contributed by atoms with Gasteiger partial charge in [-0.05, 0) is 31.4 Å². The molecule has 2 rings (SSSR count). The van der Waals surface area contributed by atoms with E-state index in [9.17, 15) is 4.79 Å². The summed E-state index contributed by atoms with van der Waals surface area (Å²) >= 11 is 0. The highest BCUT2D eigenvalue weighted by Gasteiger charge is 2.08. The van der Waals surface area contributed by atoms with Crippen LogP contribution in [0, 0.1) is 0 Å². The molecule has 0 saturated carbocycles. The molecule has 0 aliphatic carbocycles. The van der Waals surface area contributed by atoms with Gasteiger partial charge in [-0.3, -0.25) is 4.79 Å². The molecule has 0 atom stereocenters. The molecule has 1 aromatic heterocycles. The van der Waals surface area contributed by atoms with Crippen LogP contribution in [0.5, 0.6) is 0 Å². The second-order valence-electron chi connectivity index (χ2n) is 4.81. The summed E-state index contributed by atoms with van der Waals surface area (Å²) in [6.07, 6.45) is 0.166. The minimum atomic E-state index is -0.0199. The first-order valence-corrected chi connectivity index (χ1v) is 6.56. The number of nitrogens with two attached hydrogens (primary N) is 1. The quantitative estimate of drug-likeness (QED) is 0.893. The summed E-state index contributed by atoms with van der Waals surface area (Å²) in [5, 5.41) is 1.03. The van der Waals surface area contributed by atoms with Gasteiger partial charge in [0.2, 0.25) is 0 Å². The summed E-state index contributed by atoms with van der Waals surface area (Å²) in [5.74, 6) is 0. The maximum absolute atomic E-state index is 12.3. The van der Waals surface area contributed by atoms with Crippen LogP contribution in [-0.4, -0.2) is 17.3 Å². The Labute approximate surface area is 112 Å². The summed E-state index contributed by atoms with van der Waals surface area (Å²) in [6, 6.07) is 9.71. The fraction of sp³-hybridized carbons (Fsp3) is 0.400. The number of hydrogen-bond donors (Lipinski definition) is 1. The van der Waals surface area contributed by atoms with Crippen LogP contribution in [0.15, 0.2) is 35.1 Å². The number of para-hydroxylation sites is 1. The van der Waals surface area contributed by atoms with Crippen molar-refractivity contribution in [2.24, 2.45) is 5.73 Å². The first kappa shape index (κ1) is 13.8. The van der Waals surface area contributed by atoms with Gasteiger partial charge in [-0.25, -0.2) is 0 Å². The van der Waals surface area contributed by atoms with E-state index >= 15 is 0 Å². The first-order valence-electron chi connectivity index (χ1n) is 6.56. The zero-order valence-corrected chi connectivity index (χ0v) is 11.4. The predicted molar refractivity (Wildman–Crippen MR) is 77.2 cm³/mol. The zero-order chi connectivity index (χ0) is 13.8. The second-order valence-corrected chi connectivity index (χ2v) is 4.81. The van der Waals surface area contributed by atoms with Crippen molar-refractivity contribution in [3.05, 3.63) is 46.2 Å². The molecule has 0 aliphatic heterocycles. The summed E-state index contributed by atoms with van der Waals surface area (Å²) in [4.78, 5) is 12.3. The van der Waals surface area contributed by atoms with Gasteiger partial charge < -0.3 is 15.0 Å². The second kappa shape index (κ2) is 5.99. The van der Waals surface area contributed by atoms with E-state index in [1.54, 1.807) is 4.57 Å². The molecule has 0 saturated heterocycles. The van der Waals surface area contributed by atoms with Crippen LogP contribution < -0.4 is 11.3 Å². The fourth-order valence-corrected chi connectivity index (χ4v) is 2.14. The zero-order valence-electron chi connectivity index (χ0n) is 11.4. The Morgan fingerprint density at radius 3 is 2.74 bits per heavy atom. The molecular weight excluding hydrogens is 240 g/mol. The van der Waals surface area contributed by atoms with Crippen molar-refractivity contribution < 1.29 is 4.74 Å². The van der Waals surface area contributed by atoms with E-state index in [4.69, 9.17) is 10.5 Å². The van der Waals surface area contributed by atoms with Crippen molar-refractivity contribution in [3.8, 4) is 0 Å². The number of pyridine rings is 1. The molecule has 0 spiro atoms. The van der Waals surface area contributed by atoms with Crippen LogP contribution in [0.25, 0.3) is 10.9 Å². The molecule has 1 heterocycles. The number of fused-ring (bicyclic) bond motifs is 1. The Balaban J connectivity index is 2.44. The van der Waals surface area contributed by atoms with Crippen molar-refractivity contribution in [3.63, 3.8) is 0 Å². The summed E-state index contributed by atoms with van der Waals surface area (Å²) in [6.45, 7) is 5.30. The van der Waals surface area contributed by atoms with Gasteiger partial charge in [-0.2, -0.15) is 0 Å². The van der Waals surface area contributed by atoms with Crippen LogP contribution in [0.1, 0.15) is 19.4 Å². The largest absolute Gasteiger partial charge is 0.377 e. The molecule has 4 heteroatoms. The SMILES string of the molecule is CC(C)OCCn1c(=O)c(CN)cc2ccccc21. The van der Waals surface area contributed by atoms with Gasteiger partial charge in [-0.15, -0.1) is 0 Å². The molecule has 0 radical (unpaired) electrons. The molecule has 2 N–H and O–H groups in total. The lowest BCUT2D eigenvalue weighted by molar-refractivity contribution is 0.0728. The number of aromatic nitrogens is 1. The lowest BCUT2D eigenvalue weighted by Crippen LogP contribution is -2.27. The van der Waals surface area contributed by atoms with E-state index in [2.05, 4.69) is 0 Å². The average molecular weight is 260 g/mol. The number of benzene rings is 1. The van der Waals surface area contributed by atoms with Gasteiger partial charge in [0, 0.05) is 18.7 Å². The third-order valence-corrected chi connectivity index (χ3v) is 3.06. The Morgan fingerprint density at radius 1 is 1.32 bits per heavy atom. The van der Waals surface area contributed by atoms with Gasteiger partial charge in [-0.1, -0.05) is 18.2 Å². The van der Waals surface area contributed by atoms with Gasteiger partial charge in [0.15, 0.2) is 0 Å². The van der Waals surface area contributed by atoms with Crippen LogP contribution in [0.3, 0.4) is 0 Å². The van der Waals surface area contributed by atoms with Crippen molar-refractivity contribution in [1.82, 2.24) is 4.57 Å². The van der Waals surface area contributed by atoms with E-state index in [-0.39, 0.29) is 18.2 Å². The molecule has 0 amide bonds. The fourth-order valence-electron chi connectivity index (χ4n) is 2.14. The van der Waals surface area contributed by atoms with E-state index < -0.39 is 0 Å².